The molecule has 0 aromatic heterocycles. The van der Waals surface area contributed by atoms with Crippen LogP contribution in [0.1, 0.15) is 20.3 Å². The molecule has 124 valence electrons. The third-order valence-corrected chi connectivity index (χ3v) is 3.12. The van der Waals surface area contributed by atoms with E-state index in [-0.39, 0.29) is 24.4 Å². The number of anilines is 1. The Bertz CT molecular complexity index is 462. The summed E-state index contributed by atoms with van der Waals surface area (Å²) < 4.78 is 11.2. The van der Waals surface area contributed by atoms with Crippen LogP contribution in [-0.2, 0) is 9.53 Å². The number of hydrogen-bond donors (Lipinski definition) is 2. The van der Waals surface area contributed by atoms with Crippen molar-refractivity contribution in [1.29, 1.82) is 0 Å². The number of carbonyl (C=O) groups is 1. The number of rotatable bonds is 6. The molecule has 0 aliphatic carbocycles. The first-order chi connectivity index (χ1) is 10.1. The number of nitrogens with one attached hydrogen (secondary N) is 2. The normalized spacial score (nSPS) is 17.7. The summed E-state index contributed by atoms with van der Waals surface area (Å²) in [4.78, 5) is 12.0. The zero-order valence-corrected chi connectivity index (χ0v) is 13.9. The van der Waals surface area contributed by atoms with E-state index >= 15 is 0 Å². The molecule has 1 saturated heterocycles. The van der Waals surface area contributed by atoms with E-state index in [2.05, 4.69) is 24.5 Å². The largest absolute Gasteiger partial charge is 0.493 e. The van der Waals surface area contributed by atoms with Crippen LogP contribution in [0.25, 0.3) is 0 Å². The fourth-order valence-electron chi connectivity index (χ4n) is 2.10. The first kappa shape index (κ1) is 18.7. The minimum atomic E-state index is -0.0425. The van der Waals surface area contributed by atoms with E-state index in [4.69, 9.17) is 9.47 Å². The fourth-order valence-corrected chi connectivity index (χ4v) is 2.10. The molecule has 0 saturated carbocycles. The number of carbonyl (C=O) groups excluding carboxylic acids is 1. The number of amides is 1. The minimum Gasteiger partial charge on any atom is -0.493 e. The van der Waals surface area contributed by atoms with Crippen molar-refractivity contribution in [2.75, 3.05) is 31.6 Å². The molecule has 22 heavy (non-hydrogen) atoms. The van der Waals surface area contributed by atoms with Crippen LogP contribution in [-0.4, -0.2) is 38.3 Å². The average molecular weight is 329 g/mol. The SMILES string of the molecule is CC(C)COc1cccc(NC(=O)CC2CNCCO2)c1.Cl. The predicted molar refractivity (Wildman–Crippen MR) is 89.9 cm³/mol. The van der Waals surface area contributed by atoms with Crippen LogP contribution in [0.2, 0.25) is 0 Å². The molecule has 1 aliphatic rings. The number of benzene rings is 1. The van der Waals surface area contributed by atoms with Gasteiger partial charge < -0.3 is 20.1 Å². The summed E-state index contributed by atoms with van der Waals surface area (Å²) in [7, 11) is 0. The molecular weight excluding hydrogens is 304 g/mol. The summed E-state index contributed by atoms with van der Waals surface area (Å²) in [5.41, 5.74) is 0.755. The second kappa shape index (κ2) is 9.66. The third-order valence-electron chi connectivity index (χ3n) is 3.12. The van der Waals surface area contributed by atoms with Gasteiger partial charge in [0, 0.05) is 24.8 Å². The van der Waals surface area contributed by atoms with Crippen molar-refractivity contribution in [3.05, 3.63) is 24.3 Å². The van der Waals surface area contributed by atoms with E-state index in [1.807, 2.05) is 24.3 Å². The molecule has 1 heterocycles. The Kier molecular flexibility index (Phi) is 8.24. The summed E-state index contributed by atoms with van der Waals surface area (Å²) in [5.74, 6) is 1.21. The van der Waals surface area contributed by atoms with Crippen LogP contribution < -0.4 is 15.4 Å². The highest BCUT2D eigenvalue weighted by Gasteiger charge is 2.17. The molecular formula is C16H25ClN2O3. The van der Waals surface area contributed by atoms with Gasteiger partial charge in [0.25, 0.3) is 0 Å². The topological polar surface area (TPSA) is 59.6 Å². The van der Waals surface area contributed by atoms with Gasteiger partial charge in [-0.3, -0.25) is 4.79 Å². The molecule has 1 amide bonds. The second-order valence-electron chi connectivity index (χ2n) is 5.68. The maximum atomic E-state index is 12.0. The van der Waals surface area contributed by atoms with Crippen LogP contribution in [0.4, 0.5) is 5.69 Å². The number of halogens is 1. The lowest BCUT2D eigenvalue weighted by Gasteiger charge is -2.23. The summed E-state index contributed by atoms with van der Waals surface area (Å²) in [6.07, 6.45) is 0.323. The minimum absolute atomic E-state index is 0. The van der Waals surface area contributed by atoms with Crippen LogP contribution in [0.5, 0.6) is 5.75 Å². The van der Waals surface area contributed by atoms with Gasteiger partial charge >= 0.3 is 0 Å². The lowest BCUT2D eigenvalue weighted by atomic mass is 10.2. The Morgan fingerprint density at radius 1 is 1.50 bits per heavy atom. The zero-order valence-electron chi connectivity index (χ0n) is 13.1. The second-order valence-corrected chi connectivity index (χ2v) is 5.68. The molecule has 5 nitrogen and oxygen atoms in total. The van der Waals surface area contributed by atoms with Crippen molar-refractivity contribution >= 4 is 24.0 Å². The van der Waals surface area contributed by atoms with Gasteiger partial charge in [-0.2, -0.15) is 0 Å². The number of hydrogen-bond acceptors (Lipinski definition) is 4. The van der Waals surface area contributed by atoms with Crippen LogP contribution in [0.3, 0.4) is 0 Å². The fraction of sp³-hybridized carbons (Fsp3) is 0.562. The molecule has 2 rings (SSSR count). The van der Waals surface area contributed by atoms with Gasteiger partial charge in [-0.25, -0.2) is 0 Å². The number of ether oxygens (including phenoxy) is 2. The quantitative estimate of drug-likeness (QED) is 0.842. The summed E-state index contributed by atoms with van der Waals surface area (Å²) >= 11 is 0. The van der Waals surface area contributed by atoms with E-state index in [0.29, 0.717) is 25.6 Å². The molecule has 0 bridgehead atoms. The van der Waals surface area contributed by atoms with Crippen LogP contribution in [0.15, 0.2) is 24.3 Å². The molecule has 0 radical (unpaired) electrons. The van der Waals surface area contributed by atoms with Crippen molar-refractivity contribution in [3.8, 4) is 5.75 Å². The molecule has 1 atom stereocenters. The van der Waals surface area contributed by atoms with Gasteiger partial charge in [0.05, 0.1) is 25.7 Å². The number of morpholine rings is 1. The van der Waals surface area contributed by atoms with Gasteiger partial charge in [0.15, 0.2) is 0 Å². The first-order valence-electron chi connectivity index (χ1n) is 7.48. The van der Waals surface area contributed by atoms with Crippen LogP contribution in [0, 0.1) is 5.92 Å². The summed E-state index contributed by atoms with van der Waals surface area (Å²) in [5, 5.41) is 6.11. The van der Waals surface area contributed by atoms with E-state index < -0.39 is 0 Å². The monoisotopic (exact) mass is 328 g/mol. The Labute approximate surface area is 138 Å². The Hall–Kier alpha value is -1.30. The maximum Gasteiger partial charge on any atom is 0.227 e. The predicted octanol–water partition coefficient (Wildman–Crippen LogP) is 2.46. The van der Waals surface area contributed by atoms with E-state index in [0.717, 1.165) is 24.5 Å². The van der Waals surface area contributed by atoms with E-state index in [9.17, 15) is 4.79 Å². The van der Waals surface area contributed by atoms with Gasteiger partial charge in [-0.1, -0.05) is 19.9 Å². The maximum absolute atomic E-state index is 12.0. The molecule has 0 spiro atoms. The smallest absolute Gasteiger partial charge is 0.227 e. The Morgan fingerprint density at radius 2 is 2.32 bits per heavy atom. The van der Waals surface area contributed by atoms with Gasteiger partial charge in [0.2, 0.25) is 5.91 Å². The molecule has 6 heteroatoms. The van der Waals surface area contributed by atoms with Crippen LogP contribution >= 0.6 is 12.4 Å². The van der Waals surface area contributed by atoms with E-state index in [1.54, 1.807) is 0 Å². The molecule has 1 aromatic carbocycles. The Morgan fingerprint density at radius 3 is 3.00 bits per heavy atom. The van der Waals surface area contributed by atoms with Gasteiger partial charge in [0.1, 0.15) is 5.75 Å². The zero-order chi connectivity index (χ0) is 15.1. The van der Waals surface area contributed by atoms with Crippen molar-refractivity contribution < 1.29 is 14.3 Å². The molecule has 1 unspecified atom stereocenters. The average Bonchev–Trinajstić information content (AvgIpc) is 2.46. The molecule has 1 fully saturated rings. The van der Waals surface area contributed by atoms with Crippen molar-refractivity contribution in [1.82, 2.24) is 5.32 Å². The molecule has 1 aliphatic heterocycles. The summed E-state index contributed by atoms with van der Waals surface area (Å²) in [6.45, 7) is 7.11. The third kappa shape index (κ3) is 6.64. The highest BCUT2D eigenvalue weighted by Crippen LogP contribution is 2.18. The summed E-state index contributed by atoms with van der Waals surface area (Å²) in [6, 6.07) is 7.48. The van der Waals surface area contributed by atoms with Gasteiger partial charge in [-0.15, -0.1) is 12.4 Å². The van der Waals surface area contributed by atoms with Crippen molar-refractivity contribution in [3.63, 3.8) is 0 Å². The Balaban J connectivity index is 0.00000242. The van der Waals surface area contributed by atoms with Gasteiger partial charge in [-0.05, 0) is 18.1 Å². The molecule has 2 N–H and O–H groups in total. The van der Waals surface area contributed by atoms with Crippen molar-refractivity contribution in [2.45, 2.75) is 26.4 Å². The highest BCUT2D eigenvalue weighted by molar-refractivity contribution is 5.91. The first-order valence-corrected chi connectivity index (χ1v) is 7.48. The lowest BCUT2D eigenvalue weighted by Crippen LogP contribution is -2.40. The van der Waals surface area contributed by atoms with E-state index in [1.165, 1.54) is 0 Å². The highest BCUT2D eigenvalue weighted by atomic mass is 35.5. The molecule has 1 aromatic rings. The van der Waals surface area contributed by atoms with Crippen molar-refractivity contribution in [2.24, 2.45) is 5.92 Å². The lowest BCUT2D eigenvalue weighted by molar-refractivity contribution is -0.119. The standard InChI is InChI=1S/C16H24N2O3.ClH/c1-12(2)11-21-14-5-3-4-13(8-14)18-16(19)9-15-10-17-6-7-20-15;/h3-5,8,12,15,17H,6-7,9-11H2,1-2H3,(H,18,19);1H.